The van der Waals surface area contributed by atoms with E-state index in [-0.39, 0.29) is 18.2 Å². The first-order valence-electron chi connectivity index (χ1n) is 5.49. The van der Waals surface area contributed by atoms with Gasteiger partial charge in [-0.25, -0.2) is 4.39 Å². The van der Waals surface area contributed by atoms with E-state index in [1.165, 1.54) is 18.9 Å². The molecule has 2 rings (SSSR count). The summed E-state index contributed by atoms with van der Waals surface area (Å²) in [6.45, 7) is 2.18. The smallest absolute Gasteiger partial charge is 0.123 e. The van der Waals surface area contributed by atoms with Crippen LogP contribution in [0, 0.1) is 11.7 Å². The highest BCUT2D eigenvalue weighted by Gasteiger charge is 2.08. The third-order valence-corrected chi connectivity index (χ3v) is 2.74. The summed E-state index contributed by atoms with van der Waals surface area (Å²) in [5, 5.41) is 3.36. The van der Waals surface area contributed by atoms with Crippen LogP contribution < -0.4 is 5.32 Å². The third kappa shape index (κ3) is 3.95. The second-order valence-electron chi connectivity index (χ2n) is 4.02. The molecule has 0 aromatic heterocycles. The molecule has 1 heterocycles. The molecule has 1 atom stereocenters. The van der Waals surface area contributed by atoms with Crippen LogP contribution in [0.5, 0.6) is 0 Å². The Morgan fingerprint density at radius 1 is 1.38 bits per heavy atom. The summed E-state index contributed by atoms with van der Waals surface area (Å²) in [4.78, 5) is 0. The quantitative estimate of drug-likeness (QED) is 0.838. The Labute approximate surface area is 102 Å². The van der Waals surface area contributed by atoms with Crippen molar-refractivity contribution in [2.45, 2.75) is 12.8 Å². The van der Waals surface area contributed by atoms with Crippen molar-refractivity contribution in [3.63, 3.8) is 0 Å². The van der Waals surface area contributed by atoms with Gasteiger partial charge in [0.15, 0.2) is 0 Å². The predicted octanol–water partition coefficient (Wildman–Crippen LogP) is 3.26. The molecule has 0 amide bonds. The Kier molecular flexibility index (Phi) is 5.50. The van der Waals surface area contributed by atoms with Crippen molar-refractivity contribution in [1.82, 2.24) is 5.32 Å². The molecule has 1 aromatic rings. The van der Waals surface area contributed by atoms with Crippen LogP contribution in [0.25, 0.3) is 6.08 Å². The van der Waals surface area contributed by atoms with Crippen molar-refractivity contribution in [3.8, 4) is 0 Å². The number of nitrogens with one attached hydrogen (secondary N) is 1. The molecule has 1 saturated heterocycles. The van der Waals surface area contributed by atoms with E-state index in [0.29, 0.717) is 5.92 Å². The first-order valence-corrected chi connectivity index (χ1v) is 5.49. The van der Waals surface area contributed by atoms with E-state index in [1.54, 1.807) is 12.1 Å². The number of hydrogen-bond donors (Lipinski definition) is 1. The maximum absolute atomic E-state index is 12.9. The number of halogens is 2. The number of piperidine rings is 1. The summed E-state index contributed by atoms with van der Waals surface area (Å²) in [7, 11) is 0. The van der Waals surface area contributed by atoms with E-state index in [2.05, 4.69) is 11.4 Å². The Bertz CT molecular complexity index is 346. The first kappa shape index (κ1) is 13.2. The standard InChI is InChI=1S/C13H16FN.ClH/c14-13-5-1-3-11(9-13)6-7-12-4-2-8-15-10-12;/h1,3,5-7,9,12,15H,2,4,8,10H2;1H/b7-6+;. The molecule has 1 nitrogen and oxygen atoms in total. The highest BCUT2D eigenvalue weighted by Crippen LogP contribution is 2.14. The van der Waals surface area contributed by atoms with Crippen LogP contribution in [-0.4, -0.2) is 13.1 Å². The maximum atomic E-state index is 12.9. The van der Waals surface area contributed by atoms with E-state index in [4.69, 9.17) is 0 Å². The van der Waals surface area contributed by atoms with Crippen LogP contribution in [-0.2, 0) is 0 Å². The van der Waals surface area contributed by atoms with Gasteiger partial charge in [0.2, 0.25) is 0 Å². The summed E-state index contributed by atoms with van der Waals surface area (Å²) < 4.78 is 12.9. The summed E-state index contributed by atoms with van der Waals surface area (Å²) in [5.41, 5.74) is 0.945. The number of rotatable bonds is 2. The molecule has 0 aliphatic carbocycles. The Balaban J connectivity index is 0.00000128. The van der Waals surface area contributed by atoms with E-state index in [9.17, 15) is 4.39 Å². The first-order chi connectivity index (χ1) is 7.34. The van der Waals surface area contributed by atoms with Gasteiger partial charge in [-0.3, -0.25) is 0 Å². The van der Waals surface area contributed by atoms with Crippen molar-refractivity contribution in [2.75, 3.05) is 13.1 Å². The zero-order chi connectivity index (χ0) is 10.5. The average Bonchev–Trinajstić information content (AvgIpc) is 2.28. The molecule has 0 radical (unpaired) electrons. The van der Waals surface area contributed by atoms with E-state index in [0.717, 1.165) is 18.7 Å². The van der Waals surface area contributed by atoms with Crippen LogP contribution >= 0.6 is 12.4 Å². The molecule has 88 valence electrons. The van der Waals surface area contributed by atoms with Crippen molar-refractivity contribution >= 4 is 18.5 Å². The molecule has 1 aliphatic heterocycles. The lowest BCUT2D eigenvalue weighted by molar-refractivity contribution is 0.439. The van der Waals surface area contributed by atoms with E-state index >= 15 is 0 Å². The molecule has 16 heavy (non-hydrogen) atoms. The Morgan fingerprint density at radius 2 is 2.25 bits per heavy atom. The summed E-state index contributed by atoms with van der Waals surface area (Å²) in [5.74, 6) is 0.431. The molecule has 1 unspecified atom stereocenters. The van der Waals surface area contributed by atoms with Gasteiger partial charge in [-0.05, 0) is 43.0 Å². The third-order valence-electron chi connectivity index (χ3n) is 2.74. The lowest BCUT2D eigenvalue weighted by Gasteiger charge is -2.19. The van der Waals surface area contributed by atoms with Gasteiger partial charge in [0.05, 0.1) is 0 Å². The van der Waals surface area contributed by atoms with E-state index in [1.807, 2.05) is 12.1 Å². The molecule has 3 heteroatoms. The molecular formula is C13H17ClFN. The topological polar surface area (TPSA) is 12.0 Å². The second-order valence-corrected chi connectivity index (χ2v) is 4.02. The van der Waals surface area contributed by atoms with Gasteiger partial charge in [0, 0.05) is 6.54 Å². The maximum Gasteiger partial charge on any atom is 0.123 e. The minimum atomic E-state index is -0.168. The summed E-state index contributed by atoms with van der Waals surface area (Å²) in [6, 6.07) is 6.70. The molecule has 0 bridgehead atoms. The van der Waals surface area contributed by atoms with Gasteiger partial charge < -0.3 is 5.32 Å². The largest absolute Gasteiger partial charge is 0.316 e. The molecule has 1 N–H and O–H groups in total. The summed E-state index contributed by atoms with van der Waals surface area (Å²) >= 11 is 0. The summed E-state index contributed by atoms with van der Waals surface area (Å²) in [6.07, 6.45) is 6.67. The normalized spacial score (nSPS) is 20.7. The van der Waals surface area contributed by atoms with Gasteiger partial charge in [-0.1, -0.05) is 24.3 Å². The minimum Gasteiger partial charge on any atom is -0.316 e. The minimum absolute atomic E-state index is 0. The van der Waals surface area contributed by atoms with Crippen molar-refractivity contribution < 1.29 is 4.39 Å². The van der Waals surface area contributed by atoms with Crippen molar-refractivity contribution in [3.05, 3.63) is 41.7 Å². The number of benzene rings is 1. The van der Waals surface area contributed by atoms with Gasteiger partial charge >= 0.3 is 0 Å². The predicted molar refractivity (Wildman–Crippen MR) is 68.3 cm³/mol. The molecule has 1 aromatic carbocycles. The van der Waals surface area contributed by atoms with Crippen LogP contribution in [0.2, 0.25) is 0 Å². The monoisotopic (exact) mass is 241 g/mol. The fraction of sp³-hybridized carbons (Fsp3) is 0.385. The Hall–Kier alpha value is -0.860. The van der Waals surface area contributed by atoms with Gasteiger partial charge in [-0.15, -0.1) is 12.4 Å². The highest BCUT2D eigenvalue weighted by molar-refractivity contribution is 5.85. The van der Waals surface area contributed by atoms with Crippen LogP contribution in [0.3, 0.4) is 0 Å². The molecule has 1 aliphatic rings. The lowest BCUT2D eigenvalue weighted by Crippen LogP contribution is -2.28. The SMILES string of the molecule is Cl.Fc1cccc(/C=C/C2CCCNC2)c1. The molecule has 1 fully saturated rings. The fourth-order valence-electron chi connectivity index (χ4n) is 1.90. The van der Waals surface area contributed by atoms with Crippen molar-refractivity contribution in [1.29, 1.82) is 0 Å². The van der Waals surface area contributed by atoms with Crippen LogP contribution in [0.15, 0.2) is 30.3 Å². The zero-order valence-electron chi connectivity index (χ0n) is 9.16. The van der Waals surface area contributed by atoms with Crippen LogP contribution in [0.1, 0.15) is 18.4 Å². The van der Waals surface area contributed by atoms with Gasteiger partial charge in [0.1, 0.15) is 5.82 Å². The average molecular weight is 242 g/mol. The molecule has 0 spiro atoms. The highest BCUT2D eigenvalue weighted by atomic mass is 35.5. The zero-order valence-corrected chi connectivity index (χ0v) is 9.97. The van der Waals surface area contributed by atoms with Crippen LogP contribution in [0.4, 0.5) is 4.39 Å². The second kappa shape index (κ2) is 6.66. The number of hydrogen-bond acceptors (Lipinski definition) is 1. The van der Waals surface area contributed by atoms with Crippen molar-refractivity contribution in [2.24, 2.45) is 5.92 Å². The fourth-order valence-corrected chi connectivity index (χ4v) is 1.90. The Morgan fingerprint density at radius 3 is 2.94 bits per heavy atom. The van der Waals surface area contributed by atoms with Gasteiger partial charge in [-0.2, -0.15) is 0 Å². The molecular weight excluding hydrogens is 225 g/mol. The van der Waals surface area contributed by atoms with Gasteiger partial charge in [0.25, 0.3) is 0 Å². The lowest BCUT2D eigenvalue weighted by atomic mass is 9.98. The van der Waals surface area contributed by atoms with E-state index < -0.39 is 0 Å². The molecule has 0 saturated carbocycles.